The lowest BCUT2D eigenvalue weighted by atomic mass is 10.2. The van der Waals surface area contributed by atoms with Crippen LogP contribution in [0.5, 0.6) is 0 Å². The second kappa shape index (κ2) is 6.56. The van der Waals surface area contributed by atoms with E-state index in [0.29, 0.717) is 11.3 Å². The molecule has 1 aromatic carbocycles. The van der Waals surface area contributed by atoms with Crippen LogP contribution in [0.1, 0.15) is 33.3 Å². The Morgan fingerprint density at radius 2 is 1.86 bits per heavy atom. The summed E-state index contributed by atoms with van der Waals surface area (Å²) in [6.45, 7) is 8.43. The van der Waals surface area contributed by atoms with Gasteiger partial charge in [-0.15, -0.1) is 0 Å². The summed E-state index contributed by atoms with van der Waals surface area (Å²) in [7, 11) is 0. The van der Waals surface area contributed by atoms with E-state index in [2.05, 4.69) is 10.6 Å². The molecule has 0 aliphatic carbocycles. The fourth-order valence-corrected chi connectivity index (χ4v) is 1.61. The Hall–Kier alpha value is -2.11. The van der Waals surface area contributed by atoms with Crippen LogP contribution in [-0.2, 0) is 9.53 Å². The van der Waals surface area contributed by atoms with Crippen LogP contribution in [0.25, 0.3) is 0 Å². The highest BCUT2D eigenvalue weighted by molar-refractivity contribution is 5.96. The maximum absolute atomic E-state index is 13.2. The van der Waals surface area contributed by atoms with Crippen molar-refractivity contribution in [3.8, 4) is 0 Å². The number of aryl methyl sites for hydroxylation is 1. The number of carbonyl (C=O) groups is 2. The third-order valence-electron chi connectivity index (χ3n) is 2.44. The number of hydrogen-bond acceptors (Lipinski definition) is 3. The molecule has 0 saturated carbocycles. The molecule has 0 radical (unpaired) electrons. The van der Waals surface area contributed by atoms with Gasteiger partial charge in [0.15, 0.2) is 0 Å². The average molecular weight is 296 g/mol. The maximum atomic E-state index is 13.2. The Morgan fingerprint density at radius 1 is 1.24 bits per heavy atom. The molecule has 0 spiro atoms. The normalized spacial score (nSPS) is 12.5. The number of benzene rings is 1. The SMILES string of the molecule is Cc1cc(F)cc(NC(=O)C(C)NC(=O)OC(C)(C)C)c1. The molecule has 0 saturated heterocycles. The van der Waals surface area contributed by atoms with E-state index in [4.69, 9.17) is 4.74 Å². The van der Waals surface area contributed by atoms with Gasteiger partial charge in [0.25, 0.3) is 0 Å². The van der Waals surface area contributed by atoms with Gasteiger partial charge in [0.05, 0.1) is 0 Å². The van der Waals surface area contributed by atoms with Gasteiger partial charge in [-0.1, -0.05) is 0 Å². The number of hydrogen-bond donors (Lipinski definition) is 2. The van der Waals surface area contributed by atoms with Crippen molar-refractivity contribution < 1.29 is 18.7 Å². The lowest BCUT2D eigenvalue weighted by Crippen LogP contribution is -2.44. The molecule has 116 valence electrons. The van der Waals surface area contributed by atoms with Crippen LogP contribution >= 0.6 is 0 Å². The summed E-state index contributed by atoms with van der Waals surface area (Å²) in [5.74, 6) is -0.885. The minimum Gasteiger partial charge on any atom is -0.444 e. The number of carbonyl (C=O) groups excluding carboxylic acids is 2. The van der Waals surface area contributed by atoms with Crippen LogP contribution in [0.2, 0.25) is 0 Å². The number of alkyl carbamates (subject to hydrolysis) is 1. The van der Waals surface area contributed by atoms with Gasteiger partial charge in [-0.2, -0.15) is 0 Å². The van der Waals surface area contributed by atoms with E-state index >= 15 is 0 Å². The predicted octanol–water partition coefficient (Wildman–Crippen LogP) is 2.99. The molecule has 6 heteroatoms. The van der Waals surface area contributed by atoms with Crippen molar-refractivity contribution in [1.29, 1.82) is 0 Å². The van der Waals surface area contributed by atoms with Crippen LogP contribution < -0.4 is 10.6 Å². The van der Waals surface area contributed by atoms with E-state index in [0.717, 1.165) is 0 Å². The summed E-state index contributed by atoms with van der Waals surface area (Å²) in [5, 5.41) is 4.96. The van der Waals surface area contributed by atoms with Crippen molar-refractivity contribution in [2.24, 2.45) is 0 Å². The van der Waals surface area contributed by atoms with E-state index in [1.165, 1.54) is 19.1 Å². The zero-order valence-electron chi connectivity index (χ0n) is 12.9. The highest BCUT2D eigenvalue weighted by Gasteiger charge is 2.21. The number of anilines is 1. The Kier molecular flexibility index (Phi) is 5.29. The molecule has 0 fully saturated rings. The second-order valence-corrected chi connectivity index (χ2v) is 5.87. The van der Waals surface area contributed by atoms with E-state index in [9.17, 15) is 14.0 Å². The smallest absolute Gasteiger partial charge is 0.408 e. The van der Waals surface area contributed by atoms with E-state index < -0.39 is 29.5 Å². The minimum absolute atomic E-state index is 0.343. The van der Waals surface area contributed by atoms with Crippen molar-refractivity contribution in [2.45, 2.75) is 46.3 Å². The van der Waals surface area contributed by atoms with Crippen molar-refractivity contribution >= 4 is 17.7 Å². The first-order valence-corrected chi connectivity index (χ1v) is 6.64. The molecular formula is C15H21FN2O3. The van der Waals surface area contributed by atoms with Crippen molar-refractivity contribution in [3.63, 3.8) is 0 Å². The number of rotatable bonds is 3. The largest absolute Gasteiger partial charge is 0.444 e. The molecule has 1 aromatic rings. The summed E-state index contributed by atoms with van der Waals surface area (Å²) in [4.78, 5) is 23.5. The Labute approximate surface area is 123 Å². The zero-order chi connectivity index (χ0) is 16.2. The van der Waals surface area contributed by atoms with Crippen LogP contribution in [0.3, 0.4) is 0 Å². The van der Waals surface area contributed by atoms with Gasteiger partial charge in [-0.05, 0) is 58.4 Å². The molecule has 0 aromatic heterocycles. The highest BCUT2D eigenvalue weighted by atomic mass is 19.1. The molecule has 5 nitrogen and oxygen atoms in total. The van der Waals surface area contributed by atoms with Gasteiger partial charge in [0.2, 0.25) is 5.91 Å². The molecule has 21 heavy (non-hydrogen) atoms. The third-order valence-corrected chi connectivity index (χ3v) is 2.44. The van der Waals surface area contributed by atoms with Crippen molar-refractivity contribution in [3.05, 3.63) is 29.6 Å². The highest BCUT2D eigenvalue weighted by Crippen LogP contribution is 2.13. The first-order chi connectivity index (χ1) is 9.56. The minimum atomic E-state index is -0.802. The van der Waals surface area contributed by atoms with Gasteiger partial charge in [-0.25, -0.2) is 9.18 Å². The Bertz CT molecular complexity index is 518. The fraction of sp³-hybridized carbons (Fsp3) is 0.467. The van der Waals surface area contributed by atoms with Gasteiger partial charge in [0, 0.05) is 5.69 Å². The summed E-state index contributed by atoms with van der Waals surface area (Å²) in [5.41, 5.74) is 0.397. The molecule has 1 atom stereocenters. The van der Waals surface area contributed by atoms with Gasteiger partial charge >= 0.3 is 6.09 Å². The van der Waals surface area contributed by atoms with Crippen molar-refractivity contribution in [1.82, 2.24) is 5.32 Å². The monoisotopic (exact) mass is 296 g/mol. The van der Waals surface area contributed by atoms with Crippen LogP contribution in [0.4, 0.5) is 14.9 Å². The van der Waals surface area contributed by atoms with Gasteiger partial charge in [0.1, 0.15) is 17.5 Å². The molecule has 0 aliphatic rings. The first kappa shape index (κ1) is 16.9. The standard InChI is InChI=1S/C15H21FN2O3/c1-9-6-11(16)8-12(7-9)18-13(19)10(2)17-14(20)21-15(3,4)5/h6-8,10H,1-5H3,(H,17,20)(H,18,19). The quantitative estimate of drug-likeness (QED) is 0.901. The van der Waals surface area contributed by atoms with Gasteiger partial charge in [-0.3, -0.25) is 4.79 Å². The topological polar surface area (TPSA) is 67.4 Å². The van der Waals surface area contributed by atoms with Gasteiger partial charge < -0.3 is 15.4 Å². The number of amides is 2. The van der Waals surface area contributed by atoms with Crippen LogP contribution in [0, 0.1) is 12.7 Å². The van der Waals surface area contributed by atoms with Crippen LogP contribution in [0.15, 0.2) is 18.2 Å². The van der Waals surface area contributed by atoms with E-state index in [1.54, 1.807) is 33.8 Å². The Balaban J connectivity index is 2.60. The molecule has 2 amide bonds. The molecule has 1 unspecified atom stereocenters. The predicted molar refractivity (Wildman–Crippen MR) is 78.6 cm³/mol. The third kappa shape index (κ3) is 6.25. The molecular weight excluding hydrogens is 275 g/mol. The summed E-state index contributed by atoms with van der Waals surface area (Å²) >= 11 is 0. The zero-order valence-corrected chi connectivity index (χ0v) is 12.9. The number of nitrogens with one attached hydrogen (secondary N) is 2. The lowest BCUT2D eigenvalue weighted by molar-refractivity contribution is -0.117. The van der Waals surface area contributed by atoms with Crippen molar-refractivity contribution in [2.75, 3.05) is 5.32 Å². The Morgan fingerprint density at radius 3 is 2.38 bits per heavy atom. The fourth-order valence-electron chi connectivity index (χ4n) is 1.61. The maximum Gasteiger partial charge on any atom is 0.408 e. The van der Waals surface area contributed by atoms with E-state index in [1.807, 2.05) is 0 Å². The second-order valence-electron chi connectivity index (χ2n) is 5.87. The molecule has 2 N–H and O–H groups in total. The average Bonchev–Trinajstić information content (AvgIpc) is 2.24. The molecule has 0 bridgehead atoms. The molecule has 0 aliphatic heterocycles. The lowest BCUT2D eigenvalue weighted by Gasteiger charge is -2.21. The number of halogens is 1. The van der Waals surface area contributed by atoms with Crippen LogP contribution in [-0.4, -0.2) is 23.6 Å². The molecule has 0 heterocycles. The molecule has 1 rings (SSSR count). The summed E-state index contributed by atoms with van der Waals surface area (Å²) in [6, 6.07) is 3.41. The number of ether oxygens (including phenoxy) is 1. The first-order valence-electron chi connectivity index (χ1n) is 6.64. The van der Waals surface area contributed by atoms with E-state index in [-0.39, 0.29) is 0 Å². The summed E-state index contributed by atoms with van der Waals surface area (Å²) < 4.78 is 18.3. The summed E-state index contributed by atoms with van der Waals surface area (Å²) in [6.07, 6.45) is -0.680.